The number of carbonyl (C=O) groups excluding carboxylic acids is 4. The van der Waals surface area contributed by atoms with Crippen molar-refractivity contribution in [2.24, 2.45) is 17.8 Å². The number of aromatic hydroxyl groups is 1. The van der Waals surface area contributed by atoms with Gasteiger partial charge in [-0.05, 0) is 43.6 Å². The number of para-hydroxylation sites is 1. The van der Waals surface area contributed by atoms with Crippen LogP contribution in [0.3, 0.4) is 0 Å². The van der Waals surface area contributed by atoms with Gasteiger partial charge < -0.3 is 5.11 Å². The Hall–Kier alpha value is -2.16. The van der Waals surface area contributed by atoms with E-state index in [9.17, 15) is 24.3 Å². The summed E-state index contributed by atoms with van der Waals surface area (Å²) < 4.78 is 0. The van der Waals surface area contributed by atoms with Crippen molar-refractivity contribution in [2.45, 2.75) is 73.1 Å². The molecule has 40 heavy (non-hydrogen) atoms. The number of imide groups is 2. The van der Waals surface area contributed by atoms with Crippen molar-refractivity contribution in [3.63, 3.8) is 0 Å². The molecule has 10 heteroatoms. The maximum atomic E-state index is 14.1. The Morgan fingerprint density at radius 2 is 1.77 bits per heavy atom. The van der Waals surface area contributed by atoms with Crippen LogP contribution in [0.25, 0.3) is 0 Å². The normalized spacial score (nSPS) is 35.9. The Labute approximate surface area is 251 Å². The fourth-order valence-corrected chi connectivity index (χ4v) is 9.40. The number of halogens is 3. The van der Waals surface area contributed by atoms with Gasteiger partial charge in [-0.1, -0.05) is 71.1 Å². The molecule has 3 aliphatic carbocycles. The minimum absolute atomic E-state index is 0.0506. The number of hydrogen-bond acceptors (Lipinski definition) is 5. The molecule has 4 fully saturated rings. The van der Waals surface area contributed by atoms with Crippen LogP contribution in [-0.4, -0.2) is 59.8 Å². The average molecular weight is 650 g/mol. The minimum Gasteiger partial charge on any atom is -0.507 e. The standard InChI is InChI=1S/C30H31BrCl2N2O5/c1-2-7-16-8-6-11-20(24(16)36)23-18-12-13-19-22(26(38)35(25(19)37)17-9-4-3-5-10-17)21(18)14-29(32)27(39)34(15-31)28(40)30(23,29)33/h2,6,8,11-12,17,19,21-23,36H,1,3-5,7,9-10,13-15H2/t19-,21+,22-,23+,29+,30-/m0/s1. The number of benzene rings is 1. The maximum Gasteiger partial charge on any atom is 0.254 e. The van der Waals surface area contributed by atoms with Crippen molar-refractivity contribution in [3.05, 3.63) is 53.6 Å². The van der Waals surface area contributed by atoms with Crippen molar-refractivity contribution in [1.29, 1.82) is 0 Å². The smallest absolute Gasteiger partial charge is 0.254 e. The fourth-order valence-electron chi connectivity index (χ4n) is 7.99. The molecule has 7 nitrogen and oxygen atoms in total. The van der Waals surface area contributed by atoms with Gasteiger partial charge in [-0.2, -0.15) is 0 Å². The Bertz CT molecular complexity index is 1360. The number of phenols is 1. The monoisotopic (exact) mass is 648 g/mol. The lowest BCUT2D eigenvalue weighted by atomic mass is 9.56. The molecular weight excluding hydrogens is 619 g/mol. The molecule has 5 aliphatic rings. The van der Waals surface area contributed by atoms with Gasteiger partial charge >= 0.3 is 0 Å². The zero-order valence-corrected chi connectivity index (χ0v) is 25.1. The van der Waals surface area contributed by atoms with Crippen molar-refractivity contribution < 1.29 is 24.3 Å². The van der Waals surface area contributed by atoms with Crippen LogP contribution < -0.4 is 0 Å². The van der Waals surface area contributed by atoms with E-state index in [0.29, 0.717) is 29.5 Å². The molecule has 0 bridgehead atoms. The number of rotatable bonds is 5. The predicted molar refractivity (Wildman–Crippen MR) is 154 cm³/mol. The number of amides is 4. The molecule has 0 spiro atoms. The molecule has 1 N–H and O–H groups in total. The van der Waals surface area contributed by atoms with Crippen LogP contribution in [0.2, 0.25) is 0 Å². The summed E-state index contributed by atoms with van der Waals surface area (Å²) in [4.78, 5) is 54.1. The van der Waals surface area contributed by atoms with E-state index in [1.807, 2.05) is 6.08 Å². The van der Waals surface area contributed by atoms with Gasteiger partial charge in [0.2, 0.25) is 11.8 Å². The molecule has 6 atom stereocenters. The second kappa shape index (κ2) is 9.99. The van der Waals surface area contributed by atoms with Crippen LogP contribution in [0.1, 0.15) is 62.0 Å². The van der Waals surface area contributed by atoms with Gasteiger partial charge in [0.1, 0.15) is 5.75 Å². The first kappa shape index (κ1) is 28.0. The lowest BCUT2D eigenvalue weighted by molar-refractivity contribution is -0.144. The van der Waals surface area contributed by atoms with Crippen LogP contribution in [0.4, 0.5) is 0 Å². The van der Waals surface area contributed by atoms with Crippen molar-refractivity contribution in [1.82, 2.24) is 9.80 Å². The quantitative estimate of drug-likeness (QED) is 0.206. The highest BCUT2D eigenvalue weighted by Crippen LogP contribution is 2.66. The molecule has 1 aromatic carbocycles. The zero-order valence-electron chi connectivity index (χ0n) is 22.0. The van der Waals surface area contributed by atoms with Gasteiger partial charge in [-0.15, -0.1) is 29.8 Å². The fraction of sp³-hybridized carbons (Fsp3) is 0.533. The number of carbonyl (C=O) groups is 4. The van der Waals surface area contributed by atoms with E-state index < -0.39 is 45.2 Å². The van der Waals surface area contributed by atoms with E-state index in [-0.39, 0.29) is 35.5 Å². The highest BCUT2D eigenvalue weighted by molar-refractivity contribution is 9.09. The largest absolute Gasteiger partial charge is 0.507 e. The van der Waals surface area contributed by atoms with Crippen LogP contribution in [0.5, 0.6) is 5.75 Å². The van der Waals surface area contributed by atoms with Gasteiger partial charge in [0.15, 0.2) is 9.75 Å². The molecule has 2 aliphatic heterocycles. The van der Waals surface area contributed by atoms with Crippen LogP contribution in [0.15, 0.2) is 42.5 Å². The number of hydrogen-bond donors (Lipinski definition) is 1. The molecule has 2 saturated carbocycles. The van der Waals surface area contributed by atoms with Crippen molar-refractivity contribution in [2.75, 3.05) is 5.45 Å². The van der Waals surface area contributed by atoms with E-state index in [1.165, 1.54) is 4.90 Å². The summed E-state index contributed by atoms with van der Waals surface area (Å²) in [6, 6.07) is 5.10. The van der Waals surface area contributed by atoms with Crippen molar-refractivity contribution in [3.8, 4) is 5.75 Å². The second-order valence-electron chi connectivity index (χ2n) is 11.7. The van der Waals surface area contributed by atoms with E-state index >= 15 is 0 Å². The average Bonchev–Trinajstić information content (AvgIpc) is 3.28. The predicted octanol–water partition coefficient (Wildman–Crippen LogP) is 5.16. The molecule has 0 radical (unpaired) electrons. The first-order valence-corrected chi connectivity index (χ1v) is 15.8. The third-order valence-corrected chi connectivity index (χ3v) is 11.7. The number of nitrogens with zero attached hydrogens (tertiary/aromatic N) is 2. The molecule has 2 saturated heterocycles. The lowest BCUT2D eigenvalue weighted by Gasteiger charge is -2.51. The summed E-state index contributed by atoms with van der Waals surface area (Å²) in [6.45, 7) is 3.77. The molecule has 6 rings (SSSR count). The summed E-state index contributed by atoms with van der Waals surface area (Å²) >= 11 is 17.8. The van der Waals surface area contributed by atoms with Crippen LogP contribution >= 0.6 is 39.1 Å². The van der Waals surface area contributed by atoms with Crippen molar-refractivity contribution >= 4 is 62.8 Å². The molecule has 2 heterocycles. The Balaban J connectivity index is 1.52. The van der Waals surface area contributed by atoms with Gasteiger partial charge in [-0.25, -0.2) is 0 Å². The van der Waals surface area contributed by atoms with Gasteiger partial charge in [0.05, 0.1) is 17.3 Å². The maximum absolute atomic E-state index is 14.1. The molecule has 4 amide bonds. The van der Waals surface area contributed by atoms with Crippen LogP contribution in [0, 0.1) is 17.8 Å². The summed E-state index contributed by atoms with van der Waals surface area (Å²) in [5, 5.41) is 11.4. The Morgan fingerprint density at radius 1 is 1.05 bits per heavy atom. The third-order valence-electron chi connectivity index (χ3n) is 9.81. The summed E-state index contributed by atoms with van der Waals surface area (Å²) in [5.74, 6) is -4.55. The molecule has 0 unspecified atom stereocenters. The number of likely N-dealkylation sites (tertiary alicyclic amines) is 2. The first-order chi connectivity index (χ1) is 19.1. The second-order valence-corrected chi connectivity index (χ2v) is 13.4. The number of alkyl halides is 3. The minimum atomic E-state index is -1.94. The van der Waals surface area contributed by atoms with E-state index in [0.717, 1.165) is 37.0 Å². The first-order valence-electron chi connectivity index (χ1n) is 13.9. The summed E-state index contributed by atoms with van der Waals surface area (Å²) in [7, 11) is 0. The number of fused-ring (bicyclic) bond motifs is 4. The number of allylic oxidation sites excluding steroid dienone is 3. The van der Waals surface area contributed by atoms with Gasteiger partial charge in [0, 0.05) is 17.5 Å². The molecule has 1 aromatic rings. The van der Waals surface area contributed by atoms with Gasteiger partial charge in [-0.3, -0.25) is 29.0 Å². The SMILES string of the molecule is C=CCc1cccc([C@H]2C3=CC[C@@H]4C(=O)N(C5CCCCC5)C(=O)[C@@H]4[C@@H]3C[C@@]3(Cl)C(=O)N(CBr)C(=O)[C@@]23Cl)c1O. The molecular formula is C30H31BrCl2N2O5. The lowest BCUT2D eigenvalue weighted by Crippen LogP contribution is -2.60. The molecule has 0 aromatic heterocycles. The summed E-state index contributed by atoms with van der Waals surface area (Å²) in [5.41, 5.74) is 1.55. The Kier molecular flexibility index (Phi) is 6.99. The third kappa shape index (κ3) is 3.61. The van der Waals surface area contributed by atoms with E-state index in [4.69, 9.17) is 23.2 Å². The van der Waals surface area contributed by atoms with Crippen LogP contribution in [-0.2, 0) is 25.6 Å². The highest BCUT2D eigenvalue weighted by atomic mass is 79.9. The Morgan fingerprint density at radius 3 is 2.45 bits per heavy atom. The zero-order chi connectivity index (χ0) is 28.6. The molecule has 212 valence electrons. The highest BCUT2D eigenvalue weighted by Gasteiger charge is 2.76. The summed E-state index contributed by atoms with van der Waals surface area (Å²) in [6.07, 6.45) is 8.85. The number of phenolic OH excluding ortho intramolecular Hbond substituents is 1. The van der Waals surface area contributed by atoms with Gasteiger partial charge in [0.25, 0.3) is 11.8 Å². The topological polar surface area (TPSA) is 95.0 Å². The van der Waals surface area contributed by atoms with E-state index in [2.05, 4.69) is 22.5 Å². The van der Waals surface area contributed by atoms with E-state index in [1.54, 1.807) is 24.3 Å².